The van der Waals surface area contributed by atoms with Crippen molar-refractivity contribution >= 4 is 34.3 Å². The molecule has 88 valence electrons. The molecule has 1 aliphatic rings. The van der Waals surface area contributed by atoms with E-state index in [2.05, 4.69) is 0 Å². The second-order valence-electron chi connectivity index (χ2n) is 4.05. The number of hydrogen-bond donors (Lipinski definition) is 0. The van der Waals surface area contributed by atoms with Gasteiger partial charge in [-0.3, -0.25) is 4.90 Å². The normalized spacial score (nSPS) is 15.6. The Morgan fingerprint density at radius 1 is 1.41 bits per heavy atom. The summed E-state index contributed by atoms with van der Waals surface area (Å²) in [7, 11) is 1.95. The number of benzene rings is 1. The Balaban J connectivity index is 2.22. The van der Waals surface area contributed by atoms with Crippen molar-refractivity contribution in [1.82, 2.24) is 4.57 Å². The minimum atomic E-state index is -0.294. The quantitative estimate of drug-likeness (QED) is 0.780. The summed E-state index contributed by atoms with van der Waals surface area (Å²) >= 11 is 6.00. The Morgan fingerprint density at radius 3 is 2.94 bits per heavy atom. The number of hydrogen-bond acceptors (Lipinski definition) is 2. The number of ether oxygens (including phenoxy) is 1. The van der Waals surface area contributed by atoms with E-state index in [1.54, 1.807) is 4.90 Å². The molecule has 0 radical (unpaired) electrons. The summed E-state index contributed by atoms with van der Waals surface area (Å²) in [5.41, 5.74) is 1.90. The van der Waals surface area contributed by atoms with Gasteiger partial charge in [0.25, 0.3) is 0 Å². The van der Waals surface area contributed by atoms with Gasteiger partial charge in [-0.2, -0.15) is 0 Å². The number of carbonyl (C=O) groups excluding carboxylic acids is 1. The van der Waals surface area contributed by atoms with Gasteiger partial charge in [-0.05, 0) is 18.2 Å². The monoisotopic (exact) mass is 250 g/mol. The lowest BCUT2D eigenvalue weighted by atomic mass is 10.2. The zero-order chi connectivity index (χ0) is 12.0. The molecule has 17 heavy (non-hydrogen) atoms. The summed E-state index contributed by atoms with van der Waals surface area (Å²) in [5, 5.41) is 1.64. The fourth-order valence-corrected chi connectivity index (χ4v) is 2.34. The molecule has 0 spiro atoms. The highest BCUT2D eigenvalue weighted by Crippen LogP contribution is 2.32. The molecule has 1 amide bonds. The Labute approximate surface area is 103 Å². The Hall–Kier alpha value is -1.68. The summed E-state index contributed by atoms with van der Waals surface area (Å²) in [6.07, 6.45) is 1.63. The second-order valence-corrected chi connectivity index (χ2v) is 4.49. The summed E-state index contributed by atoms with van der Waals surface area (Å²) in [4.78, 5) is 13.2. The third-order valence-electron chi connectivity index (χ3n) is 2.98. The van der Waals surface area contributed by atoms with Crippen LogP contribution in [0.5, 0.6) is 0 Å². The van der Waals surface area contributed by atoms with Crippen molar-refractivity contribution in [3.63, 3.8) is 0 Å². The summed E-state index contributed by atoms with van der Waals surface area (Å²) < 4.78 is 6.93. The van der Waals surface area contributed by atoms with Crippen molar-refractivity contribution < 1.29 is 9.53 Å². The minimum absolute atomic E-state index is 0.294. The number of rotatable bonds is 1. The van der Waals surface area contributed by atoms with Crippen LogP contribution in [0.15, 0.2) is 24.4 Å². The van der Waals surface area contributed by atoms with Gasteiger partial charge in [-0.1, -0.05) is 11.6 Å². The van der Waals surface area contributed by atoms with Crippen LogP contribution in [0.3, 0.4) is 0 Å². The highest BCUT2D eigenvalue weighted by Gasteiger charge is 2.26. The molecule has 0 atom stereocenters. The van der Waals surface area contributed by atoms with Gasteiger partial charge in [0.05, 0.1) is 17.7 Å². The first-order chi connectivity index (χ1) is 8.16. The van der Waals surface area contributed by atoms with Crippen molar-refractivity contribution in [2.75, 3.05) is 18.1 Å². The lowest BCUT2D eigenvalue weighted by Crippen LogP contribution is -2.22. The van der Waals surface area contributed by atoms with Crippen LogP contribution in [0.25, 0.3) is 10.9 Å². The van der Waals surface area contributed by atoms with E-state index < -0.39 is 0 Å². The van der Waals surface area contributed by atoms with Crippen molar-refractivity contribution in [2.45, 2.75) is 0 Å². The van der Waals surface area contributed by atoms with Gasteiger partial charge in [-0.15, -0.1) is 0 Å². The van der Waals surface area contributed by atoms with E-state index in [4.69, 9.17) is 16.3 Å². The molecule has 1 aromatic carbocycles. The Morgan fingerprint density at radius 2 is 2.24 bits per heavy atom. The topological polar surface area (TPSA) is 34.5 Å². The molecule has 0 saturated carbocycles. The van der Waals surface area contributed by atoms with Crippen LogP contribution < -0.4 is 4.90 Å². The van der Waals surface area contributed by atoms with Gasteiger partial charge in [-0.25, -0.2) is 4.79 Å². The van der Waals surface area contributed by atoms with E-state index >= 15 is 0 Å². The Kier molecular flexibility index (Phi) is 2.26. The zero-order valence-corrected chi connectivity index (χ0v) is 10.1. The molecule has 2 aromatic rings. The molecule has 0 bridgehead atoms. The molecule has 0 N–H and O–H groups in total. The number of fused-ring (bicyclic) bond motifs is 1. The lowest BCUT2D eigenvalue weighted by molar-refractivity contribution is 0.181. The standard InChI is InChI=1S/C12H11ClN2O2/c1-14-7-11(15-4-5-17-12(15)16)9-6-8(13)2-3-10(9)14/h2-3,6-7H,4-5H2,1H3. The van der Waals surface area contributed by atoms with E-state index in [0.717, 1.165) is 16.6 Å². The average Bonchev–Trinajstić information content (AvgIpc) is 2.83. The number of amides is 1. The molecule has 2 heterocycles. The SMILES string of the molecule is Cn1cc(N2CCOC2=O)c2cc(Cl)ccc21. The number of nitrogens with zero attached hydrogens (tertiary/aromatic N) is 2. The molecule has 0 unspecified atom stereocenters. The predicted molar refractivity (Wildman–Crippen MR) is 66.6 cm³/mol. The predicted octanol–water partition coefficient (Wildman–Crippen LogP) is 2.79. The number of aryl methyl sites for hydroxylation is 1. The Bertz CT molecular complexity index is 606. The summed E-state index contributed by atoms with van der Waals surface area (Å²) in [5.74, 6) is 0. The first-order valence-corrected chi connectivity index (χ1v) is 5.73. The van der Waals surface area contributed by atoms with Crippen molar-refractivity contribution in [3.8, 4) is 0 Å². The molecule has 5 heteroatoms. The maximum Gasteiger partial charge on any atom is 0.414 e. The van der Waals surface area contributed by atoms with Crippen molar-refractivity contribution in [1.29, 1.82) is 0 Å². The highest BCUT2D eigenvalue weighted by molar-refractivity contribution is 6.31. The summed E-state index contributed by atoms with van der Waals surface area (Å²) in [6.45, 7) is 1.03. The van der Waals surface area contributed by atoms with Gasteiger partial charge >= 0.3 is 6.09 Å². The number of halogens is 1. The number of anilines is 1. The molecule has 0 aliphatic carbocycles. The van der Waals surface area contributed by atoms with Crippen LogP contribution in [-0.2, 0) is 11.8 Å². The molecular formula is C12H11ClN2O2. The zero-order valence-electron chi connectivity index (χ0n) is 9.31. The second kappa shape index (κ2) is 3.67. The maximum absolute atomic E-state index is 11.6. The van der Waals surface area contributed by atoms with Crippen LogP contribution in [0.2, 0.25) is 5.02 Å². The van der Waals surface area contributed by atoms with E-state index in [-0.39, 0.29) is 6.09 Å². The molecule has 1 aromatic heterocycles. The van der Waals surface area contributed by atoms with Crippen LogP contribution in [0.4, 0.5) is 10.5 Å². The average molecular weight is 251 g/mol. The van der Waals surface area contributed by atoms with Gasteiger partial charge < -0.3 is 9.30 Å². The number of cyclic esters (lactones) is 1. The van der Waals surface area contributed by atoms with Crippen LogP contribution in [-0.4, -0.2) is 23.8 Å². The largest absolute Gasteiger partial charge is 0.447 e. The van der Waals surface area contributed by atoms with Crippen LogP contribution >= 0.6 is 11.6 Å². The number of aromatic nitrogens is 1. The van der Waals surface area contributed by atoms with Gasteiger partial charge in [0.2, 0.25) is 0 Å². The summed E-state index contributed by atoms with van der Waals surface area (Å²) in [6, 6.07) is 5.66. The highest BCUT2D eigenvalue weighted by atomic mass is 35.5. The van der Waals surface area contributed by atoms with E-state index in [9.17, 15) is 4.79 Å². The fourth-order valence-electron chi connectivity index (χ4n) is 2.17. The molecule has 1 aliphatic heterocycles. The van der Waals surface area contributed by atoms with Gasteiger partial charge in [0, 0.05) is 23.7 Å². The van der Waals surface area contributed by atoms with E-state index in [0.29, 0.717) is 18.2 Å². The third-order valence-corrected chi connectivity index (χ3v) is 3.22. The molecular weight excluding hydrogens is 240 g/mol. The first kappa shape index (κ1) is 10.5. The van der Waals surface area contributed by atoms with Gasteiger partial charge in [0.15, 0.2) is 0 Å². The van der Waals surface area contributed by atoms with E-state index in [1.807, 2.05) is 36.0 Å². The van der Waals surface area contributed by atoms with Crippen molar-refractivity contribution in [2.24, 2.45) is 7.05 Å². The maximum atomic E-state index is 11.6. The fraction of sp³-hybridized carbons (Fsp3) is 0.250. The smallest absolute Gasteiger partial charge is 0.414 e. The van der Waals surface area contributed by atoms with Crippen molar-refractivity contribution in [3.05, 3.63) is 29.4 Å². The molecule has 4 nitrogen and oxygen atoms in total. The van der Waals surface area contributed by atoms with Crippen LogP contribution in [0, 0.1) is 0 Å². The first-order valence-electron chi connectivity index (χ1n) is 5.36. The van der Waals surface area contributed by atoms with E-state index in [1.165, 1.54) is 0 Å². The van der Waals surface area contributed by atoms with Gasteiger partial charge in [0.1, 0.15) is 6.61 Å². The minimum Gasteiger partial charge on any atom is -0.447 e. The third kappa shape index (κ3) is 1.56. The lowest BCUT2D eigenvalue weighted by Gasteiger charge is -2.10. The van der Waals surface area contributed by atoms with Crippen LogP contribution in [0.1, 0.15) is 0 Å². The molecule has 3 rings (SSSR count). The molecule has 1 saturated heterocycles. The number of carbonyl (C=O) groups is 1. The molecule has 1 fully saturated rings.